The van der Waals surface area contributed by atoms with Gasteiger partial charge in [0.25, 0.3) is 11.8 Å². The molecule has 4 amide bonds. The second kappa shape index (κ2) is 14.1. The number of benzene rings is 5. The molecule has 12 heteroatoms. The first-order chi connectivity index (χ1) is 28.0. The summed E-state index contributed by atoms with van der Waals surface area (Å²) in [5, 5.41) is 13.1. The largest absolute Gasteiger partial charge is 0.508 e. The van der Waals surface area contributed by atoms with Crippen molar-refractivity contribution in [3.8, 4) is 11.5 Å². The normalized spacial score (nSPS) is 24.9. The summed E-state index contributed by atoms with van der Waals surface area (Å²) < 4.78 is 19.8. The average molecular weight is 796 g/mol. The van der Waals surface area contributed by atoms with E-state index in [0.717, 1.165) is 9.91 Å². The Balaban J connectivity index is 1.17. The quantitative estimate of drug-likeness (QED) is 0.0932. The van der Waals surface area contributed by atoms with Crippen LogP contribution in [0.1, 0.15) is 45.8 Å². The molecule has 4 aliphatic rings. The van der Waals surface area contributed by atoms with Crippen molar-refractivity contribution in [1.29, 1.82) is 0 Å². The van der Waals surface area contributed by atoms with Gasteiger partial charge < -0.3 is 9.84 Å². The summed E-state index contributed by atoms with van der Waals surface area (Å²) in [5.74, 6) is -7.34. The predicted octanol–water partition coefficient (Wildman–Crippen LogP) is 7.61. The number of nitrogens with zero attached hydrogens (tertiary/aromatic N) is 2. The summed E-state index contributed by atoms with van der Waals surface area (Å²) in [6.07, 6.45) is 2.03. The highest BCUT2D eigenvalue weighted by Gasteiger charge is 2.71. The van der Waals surface area contributed by atoms with E-state index in [1.807, 2.05) is 12.1 Å². The van der Waals surface area contributed by atoms with Crippen LogP contribution in [0.3, 0.4) is 0 Å². The van der Waals surface area contributed by atoms with E-state index in [4.69, 9.17) is 16.3 Å². The van der Waals surface area contributed by atoms with Crippen LogP contribution in [0.2, 0.25) is 5.02 Å². The van der Waals surface area contributed by atoms with Crippen LogP contribution in [0.4, 0.5) is 15.8 Å². The molecule has 0 bridgehead atoms. The Hall–Kier alpha value is -6.59. The first kappa shape index (κ1) is 37.0. The van der Waals surface area contributed by atoms with Gasteiger partial charge >= 0.3 is 0 Å². The Morgan fingerprint density at radius 3 is 2.19 bits per heavy atom. The molecule has 0 radical (unpaired) electrons. The minimum atomic E-state index is -1.71. The molecular formula is C46H35ClFN3O7. The number of imide groups is 2. The fourth-order valence-electron chi connectivity index (χ4n) is 9.74. The number of methoxy groups -OCH3 is 1. The van der Waals surface area contributed by atoms with Gasteiger partial charge in [-0.15, -0.1) is 0 Å². The number of hydrazine groups is 1. The first-order valence-electron chi connectivity index (χ1n) is 18.8. The van der Waals surface area contributed by atoms with E-state index in [-0.39, 0.29) is 41.4 Å². The molecule has 6 unspecified atom stereocenters. The molecule has 9 rings (SSSR count). The maximum absolute atomic E-state index is 15.4. The van der Waals surface area contributed by atoms with Crippen molar-refractivity contribution in [3.63, 3.8) is 0 Å². The molecule has 6 atom stereocenters. The molecule has 10 nitrogen and oxygen atoms in total. The summed E-state index contributed by atoms with van der Waals surface area (Å²) in [6, 6.07) is 31.7. The molecule has 2 N–H and O–H groups in total. The maximum Gasteiger partial charge on any atom is 0.260 e. The zero-order valence-corrected chi connectivity index (χ0v) is 31.7. The molecule has 3 fully saturated rings. The van der Waals surface area contributed by atoms with E-state index in [0.29, 0.717) is 33.0 Å². The number of hydrogen-bond donors (Lipinski definition) is 2. The zero-order chi connectivity index (χ0) is 40.5. The lowest BCUT2D eigenvalue weighted by molar-refractivity contribution is -0.138. The van der Waals surface area contributed by atoms with Gasteiger partial charge in [0, 0.05) is 27.6 Å². The van der Waals surface area contributed by atoms with Crippen LogP contribution in [-0.2, 0) is 24.6 Å². The third-order valence-corrected chi connectivity index (χ3v) is 12.5. The number of hydrogen-bond acceptors (Lipinski definition) is 8. The van der Waals surface area contributed by atoms with Gasteiger partial charge in [-0.05, 0) is 97.1 Å². The van der Waals surface area contributed by atoms with Crippen molar-refractivity contribution in [1.82, 2.24) is 5.01 Å². The monoisotopic (exact) mass is 795 g/mol. The van der Waals surface area contributed by atoms with Gasteiger partial charge in [-0.25, -0.2) is 4.39 Å². The highest BCUT2D eigenvalue weighted by Crippen LogP contribution is 2.66. The number of carbonyl (C=O) groups excluding carboxylic acids is 5. The number of halogens is 2. The van der Waals surface area contributed by atoms with Crippen molar-refractivity contribution in [2.24, 2.45) is 23.7 Å². The summed E-state index contributed by atoms with van der Waals surface area (Å²) in [5.41, 5.74) is 4.00. The number of ketones is 1. The first-order valence-corrected chi connectivity index (χ1v) is 19.2. The Kier molecular flexibility index (Phi) is 9.00. The number of phenolic OH excluding ortho intramolecular Hbond substituents is 1. The summed E-state index contributed by atoms with van der Waals surface area (Å²) >= 11 is 6.38. The highest BCUT2D eigenvalue weighted by atomic mass is 35.5. The maximum atomic E-state index is 15.4. The van der Waals surface area contributed by atoms with Gasteiger partial charge in [0.1, 0.15) is 17.3 Å². The van der Waals surface area contributed by atoms with Crippen molar-refractivity contribution < 1.29 is 38.2 Å². The van der Waals surface area contributed by atoms with Gasteiger partial charge in [0.2, 0.25) is 11.8 Å². The lowest BCUT2D eigenvalue weighted by Crippen LogP contribution is -2.53. The minimum absolute atomic E-state index is 0.00554. The van der Waals surface area contributed by atoms with Gasteiger partial charge in [0.05, 0.1) is 41.7 Å². The summed E-state index contributed by atoms with van der Waals surface area (Å²) in [6.45, 7) is 0. The fraction of sp³-hybridized carbons (Fsp3) is 0.196. The second-order valence-electron chi connectivity index (χ2n) is 15.0. The number of anilines is 2. The third-order valence-electron chi connectivity index (χ3n) is 12.2. The molecule has 5 aromatic rings. The Bertz CT molecular complexity index is 2550. The number of allylic oxidation sites excluding steroid dienone is 2. The number of nitrogens with one attached hydrogen (secondary N) is 1. The number of amides is 4. The number of aromatic hydroxyl groups is 1. The van der Waals surface area contributed by atoms with E-state index in [1.54, 1.807) is 84.9 Å². The number of carbonyl (C=O) groups is 5. The third kappa shape index (κ3) is 5.55. The van der Waals surface area contributed by atoms with Crippen molar-refractivity contribution in [2.45, 2.75) is 24.2 Å². The molecule has 2 saturated heterocycles. The molecular weight excluding hydrogens is 761 g/mol. The Labute approximate surface area is 337 Å². The minimum Gasteiger partial charge on any atom is -0.508 e. The highest BCUT2D eigenvalue weighted by molar-refractivity contribution is 6.30. The van der Waals surface area contributed by atoms with Crippen LogP contribution in [-0.4, -0.2) is 46.6 Å². The molecule has 0 aromatic heterocycles. The van der Waals surface area contributed by atoms with Gasteiger partial charge in [-0.3, -0.25) is 34.3 Å². The van der Waals surface area contributed by atoms with Gasteiger partial charge in [-0.2, -0.15) is 5.01 Å². The second-order valence-corrected chi connectivity index (χ2v) is 15.5. The lowest BCUT2D eigenvalue weighted by atomic mass is 9.49. The summed E-state index contributed by atoms with van der Waals surface area (Å²) in [7, 11) is 1.44. The standard InChI is InChI=1S/C46H35ClFN3O7/c1-58-37-9-5-8-36(52)39(37)40-32-22-23-33-38(44(56)50(42(33)54)31-20-10-26(11-21-31)41(53)25-6-3-2-4-7-25)34(32)24-35-43(55)51(49-30-18-16-29(48)17-19-30)45(57)46(35,40)27-12-14-28(47)15-13-27/h2-22,33-35,38,40,49,52H,23-24H2,1H3. The number of rotatable bonds is 8. The smallest absolute Gasteiger partial charge is 0.260 e. The molecule has 290 valence electrons. The number of fused-ring (bicyclic) bond motifs is 4. The van der Waals surface area contributed by atoms with Crippen molar-refractivity contribution >= 4 is 52.4 Å². The van der Waals surface area contributed by atoms with Crippen LogP contribution >= 0.6 is 11.6 Å². The van der Waals surface area contributed by atoms with E-state index >= 15 is 4.79 Å². The van der Waals surface area contributed by atoms with Crippen LogP contribution in [0, 0.1) is 29.5 Å². The lowest BCUT2D eigenvalue weighted by Gasteiger charge is -2.50. The molecule has 2 aliphatic heterocycles. The molecule has 2 heterocycles. The van der Waals surface area contributed by atoms with Gasteiger partial charge in [-0.1, -0.05) is 71.8 Å². The molecule has 2 aliphatic carbocycles. The molecule has 5 aromatic carbocycles. The molecule has 0 spiro atoms. The van der Waals surface area contributed by atoms with E-state index in [1.165, 1.54) is 37.4 Å². The average Bonchev–Trinajstić information content (AvgIpc) is 3.62. The Morgan fingerprint density at radius 1 is 0.810 bits per heavy atom. The van der Waals surface area contributed by atoms with E-state index < -0.39 is 64.5 Å². The topological polar surface area (TPSA) is 133 Å². The Morgan fingerprint density at radius 2 is 1.50 bits per heavy atom. The van der Waals surface area contributed by atoms with Crippen LogP contribution in [0.25, 0.3) is 0 Å². The molecule has 58 heavy (non-hydrogen) atoms. The fourth-order valence-corrected chi connectivity index (χ4v) is 9.87. The van der Waals surface area contributed by atoms with Crippen LogP contribution in [0.5, 0.6) is 11.5 Å². The van der Waals surface area contributed by atoms with Crippen LogP contribution < -0.4 is 15.1 Å². The van der Waals surface area contributed by atoms with Crippen molar-refractivity contribution in [3.05, 3.63) is 166 Å². The number of phenols is 1. The predicted molar refractivity (Wildman–Crippen MR) is 212 cm³/mol. The summed E-state index contributed by atoms with van der Waals surface area (Å²) in [4.78, 5) is 73.6. The van der Waals surface area contributed by atoms with Gasteiger partial charge in [0.15, 0.2) is 5.78 Å². The SMILES string of the molecule is COc1cccc(O)c1C1C2=CCC3C(=O)N(c4ccc(C(=O)c5ccccc5)cc4)C(=O)C3C2CC2C(=O)N(Nc3ccc(F)cc3)C(=O)C21c1ccc(Cl)cc1. The zero-order valence-electron chi connectivity index (χ0n) is 31.0. The van der Waals surface area contributed by atoms with E-state index in [9.17, 15) is 28.7 Å². The van der Waals surface area contributed by atoms with E-state index in [2.05, 4.69) is 5.43 Å². The van der Waals surface area contributed by atoms with Crippen molar-refractivity contribution in [2.75, 3.05) is 17.4 Å². The molecule has 1 saturated carbocycles. The number of ether oxygens (including phenoxy) is 1. The van der Waals surface area contributed by atoms with Crippen LogP contribution in [0.15, 0.2) is 133 Å².